The largest absolute Gasteiger partial charge is 0.0915 e. The van der Waals surface area contributed by atoms with Crippen LogP contribution in [-0.2, 0) is 0 Å². The molecule has 9 heavy (non-hydrogen) atoms. The van der Waals surface area contributed by atoms with Gasteiger partial charge in [0.2, 0.25) is 0 Å². The maximum atomic E-state index is 4.85. The van der Waals surface area contributed by atoms with E-state index in [9.17, 15) is 0 Å². The Morgan fingerprint density at radius 3 is 1.11 bits per heavy atom. The van der Waals surface area contributed by atoms with E-state index in [4.69, 9.17) is 7.85 Å². The molecular weight excluding hydrogens is 107 g/mol. The van der Waals surface area contributed by atoms with E-state index in [0.29, 0.717) is 0 Å². The molecule has 0 bridgehead atoms. The third-order valence-corrected chi connectivity index (χ3v) is 0.667. The first-order chi connectivity index (χ1) is 4.41. The average molecular weight is 118 g/mol. The fourth-order valence-electron chi connectivity index (χ4n) is 0.385. The van der Waals surface area contributed by atoms with E-state index in [1.165, 1.54) is 0 Å². The minimum absolute atomic E-state index is 0.750. The minimum Gasteiger partial charge on any atom is -0.0915 e. The molecule has 0 saturated heterocycles. The molecule has 0 nitrogen and oxygen atoms in total. The molecule has 0 unspecified atom stereocenters. The zero-order chi connectivity index (χ0) is 6.95. The fraction of sp³-hybridized carbons (Fsp3) is 0.250. The van der Waals surface area contributed by atoms with Gasteiger partial charge < -0.3 is 0 Å². The van der Waals surface area contributed by atoms with Crippen LogP contribution in [0.5, 0.6) is 0 Å². The lowest BCUT2D eigenvalue weighted by Crippen LogP contribution is -1.47. The summed E-state index contributed by atoms with van der Waals surface area (Å²) in [5.74, 6) is 0. The zero-order valence-electron chi connectivity index (χ0n) is 5.75. The predicted molar refractivity (Wildman–Crippen MR) is 42.7 cm³/mol. The first-order valence-electron chi connectivity index (χ1n) is 3.12. The molecule has 2 radical (unpaired) electrons. The SMILES string of the molecule is [B]CC.c1ccccc1. The molecule has 0 spiro atoms. The first kappa shape index (κ1) is 8.28. The van der Waals surface area contributed by atoms with E-state index in [0.717, 1.165) is 6.32 Å². The van der Waals surface area contributed by atoms with E-state index in [-0.39, 0.29) is 0 Å². The highest BCUT2D eigenvalue weighted by Crippen LogP contribution is 1.79. The van der Waals surface area contributed by atoms with Crippen LogP contribution in [0.15, 0.2) is 36.4 Å². The van der Waals surface area contributed by atoms with E-state index in [1.54, 1.807) is 0 Å². The van der Waals surface area contributed by atoms with Crippen molar-refractivity contribution in [3.63, 3.8) is 0 Å². The maximum absolute atomic E-state index is 4.85. The Morgan fingerprint density at radius 2 is 1.00 bits per heavy atom. The molecule has 0 aliphatic carbocycles. The van der Waals surface area contributed by atoms with Crippen molar-refractivity contribution >= 4 is 7.85 Å². The quantitative estimate of drug-likeness (QED) is 0.458. The van der Waals surface area contributed by atoms with Gasteiger partial charge in [-0.25, -0.2) is 0 Å². The lowest BCUT2D eigenvalue weighted by molar-refractivity contribution is 1.48. The third kappa shape index (κ3) is 7.28. The second kappa shape index (κ2) is 7.28. The predicted octanol–water partition coefficient (Wildman–Crippen LogP) is 2.28. The van der Waals surface area contributed by atoms with Crippen molar-refractivity contribution in [3.8, 4) is 0 Å². The van der Waals surface area contributed by atoms with Gasteiger partial charge in [0.25, 0.3) is 0 Å². The van der Waals surface area contributed by atoms with Gasteiger partial charge in [-0.2, -0.15) is 0 Å². The second-order valence-corrected chi connectivity index (χ2v) is 1.56. The summed E-state index contributed by atoms with van der Waals surface area (Å²) < 4.78 is 0. The van der Waals surface area contributed by atoms with E-state index >= 15 is 0 Å². The molecule has 1 aromatic carbocycles. The smallest absolute Gasteiger partial charge is 0.0649 e. The highest BCUT2D eigenvalue weighted by atomic mass is 13.6. The zero-order valence-corrected chi connectivity index (χ0v) is 5.75. The molecule has 0 heterocycles. The van der Waals surface area contributed by atoms with Crippen molar-refractivity contribution in [3.05, 3.63) is 36.4 Å². The van der Waals surface area contributed by atoms with Gasteiger partial charge in [-0.3, -0.25) is 0 Å². The van der Waals surface area contributed by atoms with Crippen LogP contribution >= 0.6 is 0 Å². The summed E-state index contributed by atoms with van der Waals surface area (Å²) in [6.45, 7) is 1.90. The molecule has 0 aliphatic heterocycles. The lowest BCUT2D eigenvalue weighted by atomic mass is 10.1. The molecule has 1 aromatic rings. The van der Waals surface area contributed by atoms with E-state index < -0.39 is 0 Å². The molecule has 46 valence electrons. The van der Waals surface area contributed by atoms with Crippen molar-refractivity contribution in [1.29, 1.82) is 0 Å². The van der Waals surface area contributed by atoms with Crippen LogP contribution in [0, 0.1) is 0 Å². The Morgan fingerprint density at radius 1 is 0.889 bits per heavy atom. The van der Waals surface area contributed by atoms with Crippen LogP contribution in [0.2, 0.25) is 6.32 Å². The molecular formula is C8H11B. The first-order valence-corrected chi connectivity index (χ1v) is 3.12. The van der Waals surface area contributed by atoms with Crippen molar-refractivity contribution in [1.82, 2.24) is 0 Å². The van der Waals surface area contributed by atoms with Crippen LogP contribution in [0.25, 0.3) is 0 Å². The van der Waals surface area contributed by atoms with Crippen LogP contribution < -0.4 is 0 Å². The fourth-order valence-corrected chi connectivity index (χ4v) is 0.385. The summed E-state index contributed by atoms with van der Waals surface area (Å²) >= 11 is 0. The number of rotatable bonds is 0. The Labute approximate surface area is 58.3 Å². The standard InChI is InChI=1S/C6H6.C2H5B/c1-2-4-6-5-3-1;1-2-3/h1-6H;2H2,1H3. The Hall–Kier alpha value is -0.715. The van der Waals surface area contributed by atoms with E-state index in [2.05, 4.69) is 0 Å². The molecule has 0 fully saturated rings. The molecule has 0 N–H and O–H groups in total. The van der Waals surface area contributed by atoms with Crippen molar-refractivity contribution < 1.29 is 0 Å². The maximum Gasteiger partial charge on any atom is 0.0649 e. The molecule has 0 aliphatic rings. The Balaban J connectivity index is 0.000000187. The Kier molecular flexibility index (Phi) is 6.71. The monoisotopic (exact) mass is 118 g/mol. The lowest BCUT2D eigenvalue weighted by Gasteiger charge is -1.69. The van der Waals surface area contributed by atoms with Gasteiger partial charge in [0, 0.05) is 0 Å². The highest BCUT2D eigenvalue weighted by molar-refractivity contribution is 6.08. The summed E-state index contributed by atoms with van der Waals surface area (Å²) in [5, 5.41) is 0. The van der Waals surface area contributed by atoms with Gasteiger partial charge in [-0.05, 0) is 0 Å². The highest BCUT2D eigenvalue weighted by Gasteiger charge is 1.57. The van der Waals surface area contributed by atoms with Gasteiger partial charge in [0.05, 0.1) is 7.85 Å². The van der Waals surface area contributed by atoms with Crippen molar-refractivity contribution in [2.24, 2.45) is 0 Å². The van der Waals surface area contributed by atoms with Gasteiger partial charge in [-0.1, -0.05) is 49.6 Å². The van der Waals surface area contributed by atoms with Gasteiger partial charge in [-0.15, -0.1) is 0 Å². The number of hydrogen-bond donors (Lipinski definition) is 0. The molecule has 0 amide bonds. The summed E-state index contributed by atoms with van der Waals surface area (Å²) in [6, 6.07) is 12.0. The minimum atomic E-state index is 0.750. The van der Waals surface area contributed by atoms with Crippen LogP contribution in [0.3, 0.4) is 0 Å². The normalized spacial score (nSPS) is 7.22. The van der Waals surface area contributed by atoms with Crippen molar-refractivity contribution in [2.45, 2.75) is 13.2 Å². The molecule has 1 heteroatoms. The number of benzene rings is 1. The molecule has 0 saturated carbocycles. The number of hydrogen-bond acceptors (Lipinski definition) is 0. The van der Waals surface area contributed by atoms with E-state index in [1.807, 2.05) is 43.3 Å². The summed E-state index contributed by atoms with van der Waals surface area (Å²) in [6.07, 6.45) is 0.750. The van der Waals surface area contributed by atoms with Crippen molar-refractivity contribution in [2.75, 3.05) is 0 Å². The van der Waals surface area contributed by atoms with Crippen LogP contribution in [-0.4, -0.2) is 7.85 Å². The Bertz CT molecular complexity index is 87.4. The third-order valence-electron chi connectivity index (χ3n) is 0.667. The molecule has 0 aromatic heterocycles. The van der Waals surface area contributed by atoms with Gasteiger partial charge >= 0.3 is 0 Å². The summed E-state index contributed by atoms with van der Waals surface area (Å²) in [5.41, 5.74) is 0. The average Bonchev–Trinajstić information content (AvgIpc) is 1.93. The molecule has 0 atom stereocenters. The van der Waals surface area contributed by atoms with Gasteiger partial charge in [0.15, 0.2) is 0 Å². The second-order valence-electron chi connectivity index (χ2n) is 1.56. The summed E-state index contributed by atoms with van der Waals surface area (Å²) in [4.78, 5) is 0. The molecule has 1 rings (SSSR count). The topological polar surface area (TPSA) is 0 Å². The van der Waals surface area contributed by atoms with Crippen LogP contribution in [0.1, 0.15) is 6.92 Å². The summed E-state index contributed by atoms with van der Waals surface area (Å²) in [7, 11) is 4.85. The van der Waals surface area contributed by atoms with Crippen LogP contribution in [0.4, 0.5) is 0 Å². The van der Waals surface area contributed by atoms with Gasteiger partial charge in [0.1, 0.15) is 0 Å².